The number of ether oxygens (including phenoxy) is 1. The van der Waals surface area contributed by atoms with E-state index in [1.807, 2.05) is 0 Å². The van der Waals surface area contributed by atoms with E-state index in [0.717, 1.165) is 11.1 Å². The number of benzene rings is 2. The standard InChI is InChI=1S/C20H13Br2FN8O3/c21-14-5-11(6-15(22)19(14)32)9-27-31(20(24)33)12-1-2-17(16(23)7-12)34-13-3-4-25-18(8-13)30-10-26-28-29-30/h1-10,32H,(H2,24,33)/b27-9+. The Kier molecular flexibility index (Phi) is 6.79. The number of nitrogens with zero attached hydrogens (tertiary/aromatic N) is 7. The topological polar surface area (TPSA) is 145 Å². The molecule has 2 aromatic heterocycles. The van der Waals surface area contributed by atoms with Crippen LogP contribution in [0.5, 0.6) is 17.2 Å². The summed E-state index contributed by atoms with van der Waals surface area (Å²) in [4.78, 5) is 16.1. The molecule has 11 nitrogen and oxygen atoms in total. The Morgan fingerprint density at radius 1 is 1.21 bits per heavy atom. The number of hydrazone groups is 1. The van der Waals surface area contributed by atoms with Crippen LogP contribution in [0.3, 0.4) is 0 Å². The van der Waals surface area contributed by atoms with Crippen LogP contribution in [0.4, 0.5) is 14.9 Å². The molecule has 4 aromatic rings. The third-order valence-electron chi connectivity index (χ3n) is 4.26. The van der Waals surface area contributed by atoms with Gasteiger partial charge in [0.15, 0.2) is 17.4 Å². The Morgan fingerprint density at radius 2 is 1.97 bits per heavy atom. The molecule has 0 saturated heterocycles. The first-order valence-corrected chi connectivity index (χ1v) is 10.9. The molecule has 2 heterocycles. The zero-order valence-corrected chi connectivity index (χ0v) is 20.1. The Balaban J connectivity index is 1.56. The van der Waals surface area contributed by atoms with E-state index < -0.39 is 11.8 Å². The maximum atomic E-state index is 14.8. The number of anilines is 1. The maximum Gasteiger partial charge on any atom is 0.340 e. The fourth-order valence-electron chi connectivity index (χ4n) is 2.72. The maximum absolute atomic E-state index is 14.8. The van der Waals surface area contributed by atoms with Crippen LogP contribution in [0.25, 0.3) is 5.82 Å². The monoisotopic (exact) mass is 590 g/mol. The number of carbonyl (C=O) groups excluding carboxylic acids is 1. The summed E-state index contributed by atoms with van der Waals surface area (Å²) in [5, 5.41) is 25.5. The molecule has 0 fully saturated rings. The first-order valence-electron chi connectivity index (χ1n) is 9.30. The van der Waals surface area contributed by atoms with Crippen molar-refractivity contribution in [2.75, 3.05) is 5.01 Å². The summed E-state index contributed by atoms with van der Waals surface area (Å²) in [5.41, 5.74) is 6.05. The number of pyridine rings is 1. The van der Waals surface area contributed by atoms with Gasteiger partial charge < -0.3 is 15.6 Å². The highest BCUT2D eigenvalue weighted by atomic mass is 79.9. The van der Waals surface area contributed by atoms with E-state index in [9.17, 15) is 14.3 Å². The number of phenols is 1. The number of halogens is 3. The largest absolute Gasteiger partial charge is 0.506 e. The van der Waals surface area contributed by atoms with Gasteiger partial charge in [-0.2, -0.15) is 14.8 Å². The van der Waals surface area contributed by atoms with E-state index >= 15 is 0 Å². The van der Waals surface area contributed by atoms with Gasteiger partial charge in [0.1, 0.15) is 17.8 Å². The van der Waals surface area contributed by atoms with Gasteiger partial charge in [0.2, 0.25) is 0 Å². The molecule has 4 rings (SSSR count). The predicted molar refractivity (Wildman–Crippen MR) is 127 cm³/mol. The van der Waals surface area contributed by atoms with E-state index in [-0.39, 0.29) is 17.2 Å². The zero-order chi connectivity index (χ0) is 24.2. The number of hydrogen-bond donors (Lipinski definition) is 2. The molecule has 3 N–H and O–H groups in total. The van der Waals surface area contributed by atoms with Crippen LogP contribution in [0.1, 0.15) is 5.56 Å². The van der Waals surface area contributed by atoms with Crippen LogP contribution in [0, 0.1) is 5.82 Å². The van der Waals surface area contributed by atoms with Gasteiger partial charge >= 0.3 is 6.03 Å². The van der Waals surface area contributed by atoms with E-state index in [1.165, 1.54) is 47.7 Å². The van der Waals surface area contributed by atoms with Gasteiger partial charge in [0.25, 0.3) is 0 Å². The Labute approximate surface area is 207 Å². The van der Waals surface area contributed by atoms with Gasteiger partial charge in [0.05, 0.1) is 20.8 Å². The van der Waals surface area contributed by atoms with Crippen LogP contribution in [-0.4, -0.2) is 42.5 Å². The molecule has 0 bridgehead atoms. The van der Waals surface area contributed by atoms with Crippen LogP contribution < -0.4 is 15.5 Å². The summed E-state index contributed by atoms with van der Waals surface area (Å²) in [6, 6.07) is 9.11. The van der Waals surface area contributed by atoms with E-state index in [1.54, 1.807) is 12.1 Å². The van der Waals surface area contributed by atoms with Crippen molar-refractivity contribution >= 4 is 49.8 Å². The average Bonchev–Trinajstić information content (AvgIpc) is 3.34. The van der Waals surface area contributed by atoms with Crippen molar-refractivity contribution in [2.45, 2.75) is 0 Å². The van der Waals surface area contributed by atoms with Crippen LogP contribution in [0.15, 0.2) is 69.0 Å². The first kappa shape index (κ1) is 23.3. The lowest BCUT2D eigenvalue weighted by atomic mass is 10.2. The molecule has 0 atom stereocenters. The summed E-state index contributed by atoms with van der Waals surface area (Å²) < 4.78 is 22.6. The Bertz CT molecular complexity index is 1360. The number of tetrazole rings is 1. The molecule has 14 heteroatoms. The highest BCUT2D eigenvalue weighted by Gasteiger charge is 2.15. The second-order valence-corrected chi connectivity index (χ2v) is 8.26. The molecule has 0 unspecified atom stereocenters. The van der Waals surface area contributed by atoms with E-state index in [0.29, 0.717) is 26.1 Å². The molecular weight excluding hydrogens is 579 g/mol. The molecule has 0 spiro atoms. The van der Waals surface area contributed by atoms with Gasteiger partial charge in [-0.05, 0) is 78.2 Å². The number of primary amides is 1. The number of carbonyl (C=O) groups is 1. The van der Waals surface area contributed by atoms with Gasteiger partial charge in [0, 0.05) is 18.3 Å². The molecule has 0 aliphatic heterocycles. The minimum absolute atomic E-state index is 0.0147. The number of phenolic OH excluding ortho intramolecular Hbond substituents is 1. The van der Waals surface area contributed by atoms with Crippen LogP contribution in [-0.2, 0) is 0 Å². The second kappa shape index (κ2) is 9.93. The molecule has 0 aliphatic rings. The molecule has 2 amide bonds. The van der Waals surface area contributed by atoms with Gasteiger partial charge in [-0.1, -0.05) is 0 Å². The van der Waals surface area contributed by atoms with Gasteiger partial charge in [-0.25, -0.2) is 14.2 Å². The number of hydrogen-bond acceptors (Lipinski definition) is 8. The Hall–Kier alpha value is -3.91. The van der Waals surface area contributed by atoms with Crippen molar-refractivity contribution in [1.29, 1.82) is 0 Å². The number of urea groups is 1. The van der Waals surface area contributed by atoms with Crippen LogP contribution >= 0.6 is 31.9 Å². The summed E-state index contributed by atoms with van der Waals surface area (Å²) in [5.74, 6) is -0.171. The molecule has 0 aliphatic carbocycles. The normalized spacial score (nSPS) is 11.0. The molecule has 0 saturated carbocycles. The number of aromatic hydroxyl groups is 1. The zero-order valence-electron chi connectivity index (χ0n) is 16.9. The predicted octanol–water partition coefficient (Wildman–Crippen LogP) is 4.14. The fraction of sp³-hybridized carbons (Fsp3) is 0. The number of amides is 2. The first-order chi connectivity index (χ1) is 16.3. The minimum Gasteiger partial charge on any atom is -0.506 e. The van der Waals surface area contributed by atoms with Crippen molar-refractivity contribution in [3.05, 3.63) is 75.3 Å². The summed E-state index contributed by atoms with van der Waals surface area (Å²) in [7, 11) is 0. The lowest BCUT2D eigenvalue weighted by Gasteiger charge is -2.16. The van der Waals surface area contributed by atoms with Crippen molar-refractivity contribution in [1.82, 2.24) is 25.2 Å². The fourth-order valence-corrected chi connectivity index (χ4v) is 3.94. The lowest BCUT2D eigenvalue weighted by molar-refractivity contribution is 0.254. The van der Waals surface area contributed by atoms with Crippen molar-refractivity contribution in [2.24, 2.45) is 10.8 Å². The Morgan fingerprint density at radius 3 is 2.62 bits per heavy atom. The molecule has 34 heavy (non-hydrogen) atoms. The lowest BCUT2D eigenvalue weighted by Crippen LogP contribution is -2.31. The number of aromatic nitrogens is 5. The quantitative estimate of drug-likeness (QED) is 0.253. The SMILES string of the molecule is NC(=O)N(/N=C/c1cc(Br)c(O)c(Br)c1)c1ccc(Oc2ccnc(-n3cnnn3)c2)c(F)c1. The second-order valence-electron chi connectivity index (χ2n) is 6.55. The highest BCUT2D eigenvalue weighted by molar-refractivity contribution is 9.11. The van der Waals surface area contributed by atoms with Crippen molar-refractivity contribution in [3.8, 4) is 23.1 Å². The molecule has 2 aromatic carbocycles. The summed E-state index contributed by atoms with van der Waals surface area (Å²) in [6.45, 7) is 0. The van der Waals surface area contributed by atoms with Gasteiger partial charge in [-0.15, -0.1) is 5.10 Å². The van der Waals surface area contributed by atoms with E-state index in [2.05, 4.69) is 57.5 Å². The number of rotatable bonds is 6. The van der Waals surface area contributed by atoms with Crippen LogP contribution in [0.2, 0.25) is 0 Å². The third-order valence-corrected chi connectivity index (χ3v) is 5.47. The average molecular weight is 592 g/mol. The molecule has 172 valence electrons. The molecular formula is C20H13Br2FN8O3. The third kappa shape index (κ3) is 5.18. The van der Waals surface area contributed by atoms with Crippen molar-refractivity contribution < 1.29 is 19.0 Å². The minimum atomic E-state index is -0.929. The highest BCUT2D eigenvalue weighted by Crippen LogP contribution is 2.33. The van der Waals surface area contributed by atoms with Crippen molar-refractivity contribution in [3.63, 3.8) is 0 Å². The van der Waals surface area contributed by atoms with Gasteiger partial charge in [-0.3, -0.25) is 0 Å². The summed E-state index contributed by atoms with van der Waals surface area (Å²) in [6.07, 6.45) is 4.15. The van der Waals surface area contributed by atoms with E-state index in [4.69, 9.17) is 10.5 Å². The number of nitrogens with two attached hydrogens (primary N) is 1. The molecule has 0 radical (unpaired) electrons. The summed E-state index contributed by atoms with van der Waals surface area (Å²) >= 11 is 6.43. The smallest absolute Gasteiger partial charge is 0.340 e.